The molecule has 6 heteroatoms. The molecule has 2 aromatic rings. The summed E-state index contributed by atoms with van der Waals surface area (Å²) in [7, 11) is -3.64. The van der Waals surface area contributed by atoms with Crippen LogP contribution in [0.15, 0.2) is 47.4 Å². The van der Waals surface area contributed by atoms with Crippen molar-refractivity contribution in [3.05, 3.63) is 53.6 Å². The average Bonchev–Trinajstić information content (AvgIpc) is 2.68. The quantitative estimate of drug-likeness (QED) is 0.708. The van der Waals surface area contributed by atoms with Crippen molar-refractivity contribution in [3.8, 4) is 0 Å². The van der Waals surface area contributed by atoms with Gasteiger partial charge in [-0.15, -0.1) is 0 Å². The Hall–Kier alpha value is -2.34. The number of unbranched alkanes of at least 4 members (excludes halogenated alkanes) is 1. The molecule has 0 radical (unpaired) electrons. The van der Waals surface area contributed by atoms with Gasteiger partial charge in [-0.3, -0.25) is 9.52 Å². The zero-order chi connectivity index (χ0) is 20.1. The van der Waals surface area contributed by atoms with Gasteiger partial charge < -0.3 is 4.90 Å². The van der Waals surface area contributed by atoms with Crippen molar-refractivity contribution in [1.29, 1.82) is 0 Å². The number of amides is 1. The third-order valence-electron chi connectivity index (χ3n) is 5.04. The molecular weight excluding hydrogens is 372 g/mol. The molecule has 1 N–H and O–H groups in total. The van der Waals surface area contributed by atoms with Gasteiger partial charge in [-0.1, -0.05) is 38.8 Å². The van der Waals surface area contributed by atoms with Crippen LogP contribution in [-0.4, -0.2) is 20.9 Å². The molecule has 150 valence electrons. The fourth-order valence-electron chi connectivity index (χ4n) is 3.52. The molecule has 1 aliphatic rings. The maximum absolute atomic E-state index is 12.7. The summed E-state index contributed by atoms with van der Waals surface area (Å²) >= 11 is 0. The SMILES string of the molecule is CCCCN1C(=O)CCc2cc(NS(=O)(=O)c3ccc(CCC)cc3)ccc21. The fourth-order valence-corrected chi connectivity index (χ4v) is 4.57. The number of fused-ring (bicyclic) bond motifs is 1. The van der Waals surface area contributed by atoms with Crippen molar-refractivity contribution in [1.82, 2.24) is 0 Å². The van der Waals surface area contributed by atoms with Gasteiger partial charge in [0.2, 0.25) is 5.91 Å². The number of carbonyl (C=O) groups excluding carboxylic acids is 1. The van der Waals surface area contributed by atoms with Crippen molar-refractivity contribution < 1.29 is 13.2 Å². The number of hydrogen-bond acceptors (Lipinski definition) is 3. The van der Waals surface area contributed by atoms with E-state index in [1.165, 1.54) is 0 Å². The molecule has 2 aromatic carbocycles. The van der Waals surface area contributed by atoms with Gasteiger partial charge >= 0.3 is 0 Å². The lowest BCUT2D eigenvalue weighted by Gasteiger charge is -2.29. The molecule has 0 aromatic heterocycles. The second kappa shape index (κ2) is 8.78. The van der Waals surface area contributed by atoms with E-state index in [-0.39, 0.29) is 10.8 Å². The van der Waals surface area contributed by atoms with Crippen molar-refractivity contribution in [2.75, 3.05) is 16.2 Å². The molecule has 0 saturated carbocycles. The lowest BCUT2D eigenvalue weighted by molar-refractivity contribution is -0.118. The molecule has 0 unspecified atom stereocenters. The Labute approximate surface area is 167 Å². The summed E-state index contributed by atoms with van der Waals surface area (Å²) in [4.78, 5) is 14.3. The summed E-state index contributed by atoms with van der Waals surface area (Å²) in [6.45, 7) is 4.90. The fraction of sp³-hybridized carbons (Fsp3) is 0.409. The molecule has 5 nitrogen and oxygen atoms in total. The Bertz CT molecular complexity index is 937. The monoisotopic (exact) mass is 400 g/mol. The van der Waals surface area contributed by atoms with Gasteiger partial charge in [-0.05, 0) is 60.7 Å². The third-order valence-corrected chi connectivity index (χ3v) is 6.44. The number of benzene rings is 2. The molecule has 0 fully saturated rings. The van der Waals surface area contributed by atoms with Crippen LogP contribution in [0.1, 0.15) is 50.7 Å². The number of rotatable bonds is 8. The van der Waals surface area contributed by atoms with E-state index < -0.39 is 10.0 Å². The van der Waals surface area contributed by atoms with E-state index in [4.69, 9.17) is 0 Å². The van der Waals surface area contributed by atoms with Crippen LogP contribution in [0.25, 0.3) is 0 Å². The lowest BCUT2D eigenvalue weighted by Crippen LogP contribution is -2.35. The highest BCUT2D eigenvalue weighted by Crippen LogP contribution is 2.31. The summed E-state index contributed by atoms with van der Waals surface area (Å²) in [6, 6.07) is 12.5. The average molecular weight is 401 g/mol. The first kappa shape index (κ1) is 20.4. The van der Waals surface area contributed by atoms with E-state index in [9.17, 15) is 13.2 Å². The molecule has 1 aliphatic heterocycles. The van der Waals surface area contributed by atoms with Gasteiger partial charge in [-0.2, -0.15) is 0 Å². The summed E-state index contributed by atoms with van der Waals surface area (Å²) in [5.74, 6) is 0.140. The van der Waals surface area contributed by atoms with Crippen LogP contribution >= 0.6 is 0 Å². The molecule has 1 amide bonds. The second-order valence-corrected chi connectivity index (χ2v) is 8.92. The van der Waals surface area contributed by atoms with Crippen LogP contribution in [0.3, 0.4) is 0 Å². The third kappa shape index (κ3) is 4.55. The molecule has 0 bridgehead atoms. The van der Waals surface area contributed by atoms with Gasteiger partial charge in [-0.25, -0.2) is 8.42 Å². The van der Waals surface area contributed by atoms with E-state index in [1.807, 2.05) is 29.2 Å². The summed E-state index contributed by atoms with van der Waals surface area (Å²) in [5, 5.41) is 0. The number of nitrogens with zero attached hydrogens (tertiary/aromatic N) is 1. The van der Waals surface area contributed by atoms with E-state index in [0.717, 1.165) is 42.5 Å². The zero-order valence-electron chi connectivity index (χ0n) is 16.6. The molecule has 0 spiro atoms. The summed E-state index contributed by atoms with van der Waals surface area (Å²) in [6.07, 6.45) is 5.04. The molecular formula is C22H28N2O3S. The Balaban J connectivity index is 1.80. The van der Waals surface area contributed by atoms with E-state index >= 15 is 0 Å². The minimum Gasteiger partial charge on any atom is -0.312 e. The van der Waals surface area contributed by atoms with Crippen LogP contribution in [0, 0.1) is 0 Å². The first-order chi connectivity index (χ1) is 13.4. The highest BCUT2D eigenvalue weighted by molar-refractivity contribution is 7.92. The topological polar surface area (TPSA) is 66.5 Å². The summed E-state index contributed by atoms with van der Waals surface area (Å²) < 4.78 is 28.1. The van der Waals surface area contributed by atoms with Crippen LogP contribution in [0.5, 0.6) is 0 Å². The minimum absolute atomic E-state index is 0.140. The second-order valence-electron chi connectivity index (χ2n) is 7.24. The number of nitrogens with one attached hydrogen (secondary N) is 1. The Kier molecular flexibility index (Phi) is 6.39. The van der Waals surface area contributed by atoms with Crippen LogP contribution in [0.4, 0.5) is 11.4 Å². The number of carbonyl (C=O) groups is 1. The van der Waals surface area contributed by atoms with Gasteiger partial charge in [0.25, 0.3) is 10.0 Å². The first-order valence-corrected chi connectivity index (χ1v) is 11.5. The van der Waals surface area contributed by atoms with Gasteiger partial charge in [0.1, 0.15) is 0 Å². The molecule has 3 rings (SSSR count). The van der Waals surface area contributed by atoms with Gasteiger partial charge in [0.15, 0.2) is 0 Å². The van der Waals surface area contributed by atoms with E-state index in [1.54, 1.807) is 18.2 Å². The summed E-state index contributed by atoms with van der Waals surface area (Å²) in [5.41, 5.74) is 3.57. The molecule has 28 heavy (non-hydrogen) atoms. The lowest BCUT2D eigenvalue weighted by atomic mass is 10.00. The minimum atomic E-state index is -3.64. The number of aryl methyl sites for hydroxylation is 2. The molecule has 0 saturated heterocycles. The standard InChI is InChI=1S/C22H28N2O3S/c1-3-5-15-24-21-13-10-19(16-18(21)9-14-22(24)25)23-28(26,27)20-11-7-17(6-4-2)8-12-20/h7-8,10-13,16,23H,3-6,9,14-15H2,1-2H3. The highest BCUT2D eigenvalue weighted by Gasteiger charge is 2.24. The molecule has 0 atom stereocenters. The predicted molar refractivity (Wildman–Crippen MR) is 113 cm³/mol. The maximum Gasteiger partial charge on any atom is 0.261 e. The van der Waals surface area contributed by atoms with Crippen LogP contribution < -0.4 is 9.62 Å². The van der Waals surface area contributed by atoms with Gasteiger partial charge in [0, 0.05) is 24.3 Å². The van der Waals surface area contributed by atoms with Crippen molar-refractivity contribution in [2.24, 2.45) is 0 Å². The van der Waals surface area contributed by atoms with E-state index in [0.29, 0.717) is 25.1 Å². The Morgan fingerprint density at radius 3 is 2.43 bits per heavy atom. The largest absolute Gasteiger partial charge is 0.312 e. The van der Waals surface area contributed by atoms with Crippen LogP contribution in [0.2, 0.25) is 0 Å². The predicted octanol–water partition coefficient (Wildman–Crippen LogP) is 4.52. The molecule has 1 heterocycles. The molecule has 0 aliphatic carbocycles. The Morgan fingerprint density at radius 2 is 1.75 bits per heavy atom. The van der Waals surface area contributed by atoms with Crippen molar-refractivity contribution >= 4 is 27.3 Å². The number of sulfonamides is 1. The first-order valence-electron chi connectivity index (χ1n) is 9.99. The van der Waals surface area contributed by atoms with E-state index in [2.05, 4.69) is 18.6 Å². The highest BCUT2D eigenvalue weighted by atomic mass is 32.2. The van der Waals surface area contributed by atoms with Gasteiger partial charge in [0.05, 0.1) is 4.90 Å². The number of hydrogen-bond donors (Lipinski definition) is 1. The maximum atomic E-state index is 12.7. The zero-order valence-corrected chi connectivity index (χ0v) is 17.4. The normalized spacial score (nSPS) is 14.1. The smallest absolute Gasteiger partial charge is 0.261 e. The Morgan fingerprint density at radius 1 is 1.00 bits per heavy atom. The van der Waals surface area contributed by atoms with Crippen molar-refractivity contribution in [3.63, 3.8) is 0 Å². The van der Waals surface area contributed by atoms with Crippen molar-refractivity contribution in [2.45, 2.75) is 57.3 Å². The number of anilines is 2. The van der Waals surface area contributed by atoms with Crippen LogP contribution in [-0.2, 0) is 27.7 Å².